The van der Waals surface area contributed by atoms with Crippen LogP contribution in [-0.2, 0) is 15.7 Å². The summed E-state index contributed by atoms with van der Waals surface area (Å²) in [4.78, 5) is 16.5. The first-order valence-corrected chi connectivity index (χ1v) is 9.13. The van der Waals surface area contributed by atoms with E-state index in [9.17, 15) is 18.0 Å². The van der Waals surface area contributed by atoms with Crippen molar-refractivity contribution in [1.29, 1.82) is 0 Å². The summed E-state index contributed by atoms with van der Waals surface area (Å²) >= 11 is 0. The van der Waals surface area contributed by atoms with Crippen molar-refractivity contribution in [2.75, 3.05) is 62.7 Å². The van der Waals surface area contributed by atoms with Crippen LogP contribution in [0, 0.1) is 0 Å². The van der Waals surface area contributed by atoms with Gasteiger partial charge in [-0.1, -0.05) is 0 Å². The highest BCUT2D eigenvalue weighted by Crippen LogP contribution is 2.35. The fraction of sp³-hybridized carbons (Fsp3) is 0.611. The zero-order valence-electron chi connectivity index (χ0n) is 15.7. The number of halogens is 4. The predicted molar refractivity (Wildman–Crippen MR) is 104 cm³/mol. The Morgan fingerprint density at radius 2 is 2.00 bits per heavy atom. The lowest BCUT2D eigenvalue weighted by atomic mass is 10.1. The number of hydrogen-bond donors (Lipinski definition) is 2. The monoisotopic (exact) mass is 422 g/mol. The lowest BCUT2D eigenvalue weighted by Crippen LogP contribution is -2.52. The molecule has 3 rings (SSSR count). The quantitative estimate of drug-likeness (QED) is 0.779. The number of alkyl halides is 3. The first-order chi connectivity index (χ1) is 12.8. The number of morpholine rings is 1. The molecule has 2 N–H and O–H groups in total. The van der Waals surface area contributed by atoms with E-state index in [-0.39, 0.29) is 36.6 Å². The second-order valence-corrected chi connectivity index (χ2v) is 6.90. The fourth-order valence-electron chi connectivity index (χ4n) is 3.38. The summed E-state index contributed by atoms with van der Waals surface area (Å²) in [6.45, 7) is 6.64. The maximum absolute atomic E-state index is 13.1. The molecule has 0 saturated carbocycles. The van der Waals surface area contributed by atoms with Gasteiger partial charge in [-0.05, 0) is 25.1 Å². The SMILES string of the molecule is C[C@@H]1CNCCN1CC(=O)Nc1cc(C(F)(F)F)ccc1N1CCOCC1.Cl. The van der Waals surface area contributed by atoms with E-state index in [1.165, 1.54) is 6.07 Å². The number of carbonyl (C=O) groups excluding carboxylic acids is 1. The summed E-state index contributed by atoms with van der Waals surface area (Å²) < 4.78 is 44.7. The minimum absolute atomic E-state index is 0. The summed E-state index contributed by atoms with van der Waals surface area (Å²) in [5, 5.41) is 5.95. The van der Waals surface area contributed by atoms with E-state index in [2.05, 4.69) is 10.6 Å². The Kier molecular flexibility index (Phi) is 7.94. The van der Waals surface area contributed by atoms with Gasteiger partial charge in [0.1, 0.15) is 0 Å². The summed E-state index contributed by atoms with van der Waals surface area (Å²) in [6.07, 6.45) is -4.46. The normalized spacial score (nSPS) is 21.1. The van der Waals surface area contributed by atoms with Gasteiger partial charge in [0.2, 0.25) is 5.91 Å². The van der Waals surface area contributed by atoms with Crippen molar-refractivity contribution in [2.24, 2.45) is 0 Å². The van der Waals surface area contributed by atoms with Crippen LogP contribution < -0.4 is 15.5 Å². The zero-order chi connectivity index (χ0) is 19.4. The van der Waals surface area contributed by atoms with Gasteiger partial charge >= 0.3 is 6.18 Å². The molecule has 2 aliphatic heterocycles. The molecule has 2 fully saturated rings. The molecule has 1 aromatic carbocycles. The molecule has 0 aliphatic carbocycles. The molecule has 158 valence electrons. The lowest BCUT2D eigenvalue weighted by molar-refractivity contribution is -0.137. The van der Waals surface area contributed by atoms with Crippen molar-refractivity contribution in [2.45, 2.75) is 19.1 Å². The summed E-state index contributed by atoms with van der Waals surface area (Å²) in [6, 6.07) is 3.70. The number of nitrogens with zero attached hydrogens (tertiary/aromatic N) is 2. The summed E-state index contributed by atoms with van der Waals surface area (Å²) in [5.41, 5.74) is 0.0119. The number of nitrogens with one attached hydrogen (secondary N) is 2. The molecule has 2 saturated heterocycles. The highest BCUT2D eigenvalue weighted by Gasteiger charge is 2.32. The summed E-state index contributed by atoms with van der Waals surface area (Å²) in [7, 11) is 0. The first-order valence-electron chi connectivity index (χ1n) is 9.13. The Morgan fingerprint density at radius 1 is 1.29 bits per heavy atom. The number of rotatable bonds is 4. The van der Waals surface area contributed by atoms with Crippen LogP contribution in [0.4, 0.5) is 24.5 Å². The molecule has 0 radical (unpaired) electrons. The largest absolute Gasteiger partial charge is 0.416 e. The van der Waals surface area contributed by atoms with Crippen molar-refractivity contribution in [3.8, 4) is 0 Å². The summed E-state index contributed by atoms with van der Waals surface area (Å²) in [5.74, 6) is -0.308. The predicted octanol–water partition coefficient (Wildman–Crippen LogP) is 2.20. The number of ether oxygens (including phenoxy) is 1. The van der Waals surface area contributed by atoms with E-state index < -0.39 is 11.7 Å². The molecule has 0 unspecified atom stereocenters. The maximum Gasteiger partial charge on any atom is 0.416 e. The standard InChI is InChI=1S/C18H25F3N4O2.ClH/c1-13-11-22-4-5-25(13)12-17(26)23-15-10-14(18(19,20)21)2-3-16(15)24-6-8-27-9-7-24;/h2-3,10,13,22H,4-9,11-12H2,1H3,(H,23,26);1H/t13-;/m1./s1. The lowest BCUT2D eigenvalue weighted by Gasteiger charge is -2.34. The molecule has 28 heavy (non-hydrogen) atoms. The topological polar surface area (TPSA) is 56.8 Å². The van der Waals surface area contributed by atoms with Crippen LogP contribution in [0.1, 0.15) is 12.5 Å². The van der Waals surface area contributed by atoms with Gasteiger partial charge in [-0.2, -0.15) is 13.2 Å². The van der Waals surface area contributed by atoms with E-state index in [1.54, 1.807) is 0 Å². The van der Waals surface area contributed by atoms with Gasteiger partial charge in [-0.3, -0.25) is 9.69 Å². The number of hydrogen-bond acceptors (Lipinski definition) is 5. The van der Waals surface area contributed by atoms with Crippen molar-refractivity contribution in [3.05, 3.63) is 23.8 Å². The van der Waals surface area contributed by atoms with Crippen molar-refractivity contribution < 1.29 is 22.7 Å². The maximum atomic E-state index is 13.1. The van der Waals surface area contributed by atoms with Gasteiger partial charge in [-0.15, -0.1) is 12.4 Å². The van der Waals surface area contributed by atoms with E-state index in [1.807, 2.05) is 16.7 Å². The molecule has 0 spiro atoms. The van der Waals surface area contributed by atoms with E-state index in [0.29, 0.717) is 32.0 Å². The number of benzene rings is 1. The van der Waals surface area contributed by atoms with Crippen LogP contribution in [0.25, 0.3) is 0 Å². The Hall–Kier alpha value is -1.55. The van der Waals surface area contributed by atoms with Crippen LogP contribution in [0.3, 0.4) is 0 Å². The van der Waals surface area contributed by atoms with Gasteiger partial charge in [0.15, 0.2) is 0 Å². The van der Waals surface area contributed by atoms with Crippen molar-refractivity contribution in [1.82, 2.24) is 10.2 Å². The molecule has 2 aliphatic rings. The van der Waals surface area contributed by atoms with Crippen molar-refractivity contribution >= 4 is 29.7 Å². The third-order valence-electron chi connectivity index (χ3n) is 4.94. The van der Waals surface area contributed by atoms with Crippen LogP contribution in [0.2, 0.25) is 0 Å². The molecule has 6 nitrogen and oxygen atoms in total. The van der Waals surface area contributed by atoms with Gasteiger partial charge < -0.3 is 20.3 Å². The molecular weight excluding hydrogens is 397 g/mol. The smallest absolute Gasteiger partial charge is 0.378 e. The third kappa shape index (κ3) is 5.73. The average Bonchev–Trinajstić information content (AvgIpc) is 2.63. The molecular formula is C18H26ClF3N4O2. The van der Waals surface area contributed by atoms with E-state index >= 15 is 0 Å². The minimum Gasteiger partial charge on any atom is -0.378 e. The number of amides is 1. The Bertz CT molecular complexity index is 669. The molecule has 1 amide bonds. The van der Waals surface area contributed by atoms with Gasteiger partial charge in [-0.25, -0.2) is 0 Å². The third-order valence-corrected chi connectivity index (χ3v) is 4.94. The zero-order valence-corrected chi connectivity index (χ0v) is 16.5. The van der Waals surface area contributed by atoms with Crippen LogP contribution >= 0.6 is 12.4 Å². The number of anilines is 2. The average molecular weight is 423 g/mol. The molecule has 0 aromatic heterocycles. The highest BCUT2D eigenvalue weighted by atomic mass is 35.5. The Morgan fingerprint density at radius 3 is 2.64 bits per heavy atom. The molecule has 2 heterocycles. The van der Waals surface area contributed by atoms with Gasteiger partial charge in [0, 0.05) is 38.8 Å². The minimum atomic E-state index is -4.46. The molecule has 1 atom stereocenters. The fourth-order valence-corrected chi connectivity index (χ4v) is 3.38. The van der Waals surface area contributed by atoms with Crippen LogP contribution in [0.15, 0.2) is 18.2 Å². The highest BCUT2D eigenvalue weighted by molar-refractivity contribution is 5.96. The Balaban J connectivity index is 0.00000280. The number of carbonyl (C=O) groups is 1. The van der Waals surface area contributed by atoms with Gasteiger partial charge in [0.05, 0.1) is 36.7 Å². The van der Waals surface area contributed by atoms with E-state index in [4.69, 9.17) is 4.74 Å². The number of piperazine rings is 1. The van der Waals surface area contributed by atoms with Gasteiger partial charge in [0.25, 0.3) is 0 Å². The molecule has 0 bridgehead atoms. The molecule has 10 heteroatoms. The van der Waals surface area contributed by atoms with Crippen LogP contribution in [-0.4, -0.2) is 69.3 Å². The molecule has 1 aromatic rings. The Labute approximate surface area is 168 Å². The van der Waals surface area contributed by atoms with Crippen LogP contribution in [0.5, 0.6) is 0 Å². The first kappa shape index (κ1) is 22.7. The second-order valence-electron chi connectivity index (χ2n) is 6.90. The van der Waals surface area contributed by atoms with E-state index in [0.717, 1.165) is 31.8 Å². The van der Waals surface area contributed by atoms with Crippen molar-refractivity contribution in [3.63, 3.8) is 0 Å². The second kappa shape index (κ2) is 9.78.